The lowest BCUT2D eigenvalue weighted by Gasteiger charge is -2.36. The lowest BCUT2D eigenvalue weighted by atomic mass is 9.97. The van der Waals surface area contributed by atoms with E-state index in [1.165, 1.54) is 0 Å². The summed E-state index contributed by atoms with van der Waals surface area (Å²) in [6.45, 7) is 3.59. The molecule has 0 atom stereocenters. The van der Waals surface area contributed by atoms with Gasteiger partial charge in [0.25, 0.3) is 0 Å². The monoisotopic (exact) mass is 354 g/mol. The van der Waals surface area contributed by atoms with Gasteiger partial charge in [-0.25, -0.2) is 0 Å². The van der Waals surface area contributed by atoms with E-state index in [0.717, 1.165) is 42.7 Å². The summed E-state index contributed by atoms with van der Waals surface area (Å²) in [7, 11) is 0. The molecular formula is C15H19BrN2OS. The molecule has 2 rings (SSSR count). The third-order valence-corrected chi connectivity index (χ3v) is 5.56. The molecule has 0 amide bonds. The van der Waals surface area contributed by atoms with Crippen molar-refractivity contribution >= 4 is 27.7 Å². The predicted molar refractivity (Wildman–Crippen MR) is 87.2 cm³/mol. The predicted octanol–water partition coefficient (Wildman–Crippen LogP) is 3.55. The number of hydrogen-bond donors (Lipinski definition) is 0. The Labute approximate surface area is 133 Å². The van der Waals surface area contributed by atoms with Crippen LogP contribution in [0.2, 0.25) is 0 Å². The fourth-order valence-corrected chi connectivity index (χ4v) is 3.27. The number of piperidine rings is 1. The standard InChI is InChI=1S/C15H19BrN2OS/c1-20-15(12-17)6-8-18(9-7-15)10-11-19-14-4-2-13(16)3-5-14/h2-5H,6-11H2,1H3. The molecule has 3 nitrogen and oxygen atoms in total. The van der Waals surface area contributed by atoms with Gasteiger partial charge < -0.3 is 4.74 Å². The van der Waals surface area contributed by atoms with Crippen molar-refractivity contribution in [2.75, 3.05) is 32.5 Å². The largest absolute Gasteiger partial charge is 0.492 e. The molecule has 0 saturated carbocycles. The summed E-state index contributed by atoms with van der Waals surface area (Å²) in [5.41, 5.74) is 0. The van der Waals surface area contributed by atoms with Crippen molar-refractivity contribution in [2.45, 2.75) is 17.6 Å². The molecule has 0 aliphatic carbocycles. The molecule has 0 radical (unpaired) electrons. The number of ether oxygens (including phenoxy) is 1. The fourth-order valence-electron chi connectivity index (χ4n) is 2.32. The minimum atomic E-state index is -0.164. The van der Waals surface area contributed by atoms with Crippen molar-refractivity contribution in [3.63, 3.8) is 0 Å². The maximum Gasteiger partial charge on any atom is 0.119 e. The molecule has 0 bridgehead atoms. The first-order valence-corrected chi connectivity index (χ1v) is 8.76. The molecule has 1 fully saturated rings. The number of nitriles is 1. The van der Waals surface area contributed by atoms with Crippen LogP contribution in [0.5, 0.6) is 5.75 Å². The molecule has 0 unspecified atom stereocenters. The fraction of sp³-hybridized carbons (Fsp3) is 0.533. The van der Waals surface area contributed by atoms with E-state index in [0.29, 0.717) is 6.61 Å². The Morgan fingerprint density at radius 3 is 2.55 bits per heavy atom. The smallest absolute Gasteiger partial charge is 0.119 e. The summed E-state index contributed by atoms with van der Waals surface area (Å²) < 4.78 is 6.63. The Hall–Kier alpha value is -0.700. The van der Waals surface area contributed by atoms with Crippen LogP contribution in [0, 0.1) is 11.3 Å². The number of hydrogen-bond acceptors (Lipinski definition) is 4. The molecule has 1 saturated heterocycles. The van der Waals surface area contributed by atoms with Crippen LogP contribution in [0.25, 0.3) is 0 Å². The first-order chi connectivity index (χ1) is 9.67. The Kier molecular flexibility index (Phi) is 5.76. The maximum atomic E-state index is 9.26. The highest BCUT2D eigenvalue weighted by Crippen LogP contribution is 2.33. The molecule has 20 heavy (non-hydrogen) atoms. The van der Waals surface area contributed by atoms with E-state index in [9.17, 15) is 5.26 Å². The molecular weight excluding hydrogens is 336 g/mol. The second-order valence-electron chi connectivity index (χ2n) is 4.95. The first-order valence-electron chi connectivity index (χ1n) is 6.74. The minimum Gasteiger partial charge on any atom is -0.492 e. The van der Waals surface area contributed by atoms with Gasteiger partial charge in [0, 0.05) is 24.1 Å². The van der Waals surface area contributed by atoms with Crippen molar-refractivity contribution in [1.29, 1.82) is 5.26 Å². The van der Waals surface area contributed by atoms with Crippen LogP contribution in [-0.4, -0.2) is 42.1 Å². The Balaban J connectivity index is 1.71. The highest BCUT2D eigenvalue weighted by atomic mass is 79.9. The third-order valence-electron chi connectivity index (χ3n) is 3.75. The van der Waals surface area contributed by atoms with Crippen molar-refractivity contribution in [2.24, 2.45) is 0 Å². The number of nitrogens with zero attached hydrogens (tertiary/aromatic N) is 2. The molecule has 0 aromatic heterocycles. The minimum absolute atomic E-state index is 0.164. The SMILES string of the molecule is CSC1(C#N)CCN(CCOc2ccc(Br)cc2)CC1. The van der Waals surface area contributed by atoms with Crippen LogP contribution >= 0.6 is 27.7 Å². The van der Waals surface area contributed by atoms with Gasteiger partial charge in [-0.1, -0.05) is 15.9 Å². The van der Waals surface area contributed by atoms with Gasteiger partial charge in [-0.2, -0.15) is 5.26 Å². The summed E-state index contributed by atoms with van der Waals surface area (Å²) in [5.74, 6) is 0.903. The number of halogens is 1. The van der Waals surface area contributed by atoms with E-state index in [4.69, 9.17) is 4.74 Å². The number of benzene rings is 1. The van der Waals surface area contributed by atoms with Gasteiger partial charge >= 0.3 is 0 Å². The van der Waals surface area contributed by atoms with Gasteiger partial charge in [-0.15, -0.1) is 11.8 Å². The highest BCUT2D eigenvalue weighted by Gasteiger charge is 2.33. The van der Waals surface area contributed by atoms with Crippen molar-refractivity contribution in [1.82, 2.24) is 4.90 Å². The Bertz CT molecular complexity index is 464. The molecule has 5 heteroatoms. The lowest BCUT2D eigenvalue weighted by molar-refractivity contribution is 0.176. The van der Waals surface area contributed by atoms with E-state index in [1.807, 2.05) is 30.5 Å². The summed E-state index contributed by atoms with van der Waals surface area (Å²) in [5, 5.41) is 9.26. The van der Waals surface area contributed by atoms with Gasteiger partial charge in [-0.05, 0) is 43.4 Å². The van der Waals surface area contributed by atoms with Gasteiger partial charge in [0.2, 0.25) is 0 Å². The van der Waals surface area contributed by atoms with E-state index < -0.39 is 0 Å². The van der Waals surface area contributed by atoms with E-state index >= 15 is 0 Å². The lowest BCUT2D eigenvalue weighted by Crippen LogP contribution is -2.43. The number of thioether (sulfide) groups is 1. The van der Waals surface area contributed by atoms with Crippen LogP contribution in [0.3, 0.4) is 0 Å². The number of likely N-dealkylation sites (tertiary alicyclic amines) is 1. The second kappa shape index (κ2) is 7.35. The molecule has 108 valence electrons. The van der Waals surface area contributed by atoms with E-state index in [-0.39, 0.29) is 4.75 Å². The Morgan fingerprint density at radius 2 is 2.00 bits per heavy atom. The topological polar surface area (TPSA) is 36.3 Å². The van der Waals surface area contributed by atoms with E-state index in [1.54, 1.807) is 11.8 Å². The van der Waals surface area contributed by atoms with Crippen molar-refractivity contribution in [3.8, 4) is 11.8 Å². The zero-order valence-corrected chi connectivity index (χ0v) is 14.0. The molecule has 1 aromatic rings. The molecule has 1 aliphatic heterocycles. The van der Waals surface area contributed by atoms with Crippen LogP contribution in [0.4, 0.5) is 0 Å². The van der Waals surface area contributed by atoms with E-state index in [2.05, 4.69) is 26.9 Å². The summed E-state index contributed by atoms with van der Waals surface area (Å²) >= 11 is 5.10. The average Bonchev–Trinajstić information content (AvgIpc) is 2.50. The zero-order chi connectivity index (χ0) is 14.4. The second-order valence-corrected chi connectivity index (χ2v) is 7.06. The average molecular weight is 355 g/mol. The molecule has 1 aliphatic rings. The highest BCUT2D eigenvalue weighted by molar-refractivity contribution is 9.10. The number of rotatable bonds is 5. The van der Waals surface area contributed by atoms with Gasteiger partial charge in [0.05, 0.1) is 6.07 Å². The van der Waals surface area contributed by atoms with Crippen LogP contribution < -0.4 is 4.74 Å². The quantitative estimate of drug-likeness (QED) is 0.809. The third kappa shape index (κ3) is 4.15. The maximum absolute atomic E-state index is 9.26. The summed E-state index contributed by atoms with van der Waals surface area (Å²) in [6, 6.07) is 10.4. The summed E-state index contributed by atoms with van der Waals surface area (Å²) in [4.78, 5) is 2.38. The van der Waals surface area contributed by atoms with Crippen LogP contribution in [0.1, 0.15) is 12.8 Å². The molecule has 1 aromatic carbocycles. The van der Waals surface area contributed by atoms with Gasteiger partial charge in [0.1, 0.15) is 17.1 Å². The van der Waals surface area contributed by atoms with Crippen molar-refractivity contribution < 1.29 is 4.74 Å². The normalized spacial score (nSPS) is 18.4. The van der Waals surface area contributed by atoms with Gasteiger partial charge in [-0.3, -0.25) is 4.90 Å². The zero-order valence-electron chi connectivity index (χ0n) is 11.6. The van der Waals surface area contributed by atoms with Crippen LogP contribution in [0.15, 0.2) is 28.7 Å². The first kappa shape index (κ1) is 15.7. The van der Waals surface area contributed by atoms with Gasteiger partial charge in [0.15, 0.2) is 0 Å². The Morgan fingerprint density at radius 1 is 1.35 bits per heavy atom. The van der Waals surface area contributed by atoms with Crippen LogP contribution in [-0.2, 0) is 0 Å². The molecule has 0 N–H and O–H groups in total. The van der Waals surface area contributed by atoms with Crippen molar-refractivity contribution in [3.05, 3.63) is 28.7 Å². The molecule has 1 heterocycles. The summed E-state index contributed by atoms with van der Waals surface area (Å²) in [6.07, 6.45) is 3.93. The molecule has 0 spiro atoms.